The van der Waals surface area contributed by atoms with Gasteiger partial charge in [-0.3, -0.25) is 0 Å². The van der Waals surface area contributed by atoms with Crippen molar-refractivity contribution in [2.45, 2.75) is 19.9 Å². The van der Waals surface area contributed by atoms with E-state index in [2.05, 4.69) is 5.32 Å². The Morgan fingerprint density at radius 2 is 2.00 bits per heavy atom. The number of fused-ring (bicyclic) bond motifs is 1. The molecule has 0 unspecified atom stereocenters. The number of hydrogen-bond donors (Lipinski definition) is 1. The molecule has 1 heterocycles. The highest BCUT2D eigenvalue weighted by Crippen LogP contribution is 2.34. The summed E-state index contributed by atoms with van der Waals surface area (Å²) in [7, 11) is 0. The van der Waals surface area contributed by atoms with Crippen LogP contribution in [0.5, 0.6) is 0 Å². The minimum absolute atomic E-state index is 0.194. The Hall–Kier alpha value is -2.86. The molecule has 0 spiro atoms. The zero-order chi connectivity index (χ0) is 19.6. The van der Waals surface area contributed by atoms with Gasteiger partial charge < -0.3 is 14.5 Å². The Kier molecular flexibility index (Phi) is 5.46. The number of hydrogen-bond acceptors (Lipinski definition) is 5. The first-order valence-corrected chi connectivity index (χ1v) is 8.73. The van der Waals surface area contributed by atoms with Gasteiger partial charge in [0.15, 0.2) is 0 Å². The van der Waals surface area contributed by atoms with E-state index in [-0.39, 0.29) is 11.0 Å². The summed E-state index contributed by atoms with van der Waals surface area (Å²) in [6, 6.07) is 9.84. The van der Waals surface area contributed by atoms with Crippen LogP contribution in [0.2, 0.25) is 5.02 Å². The molecule has 0 aliphatic rings. The average Bonchev–Trinajstić information content (AvgIpc) is 2.61. The lowest BCUT2D eigenvalue weighted by Crippen LogP contribution is -2.28. The predicted octanol–water partition coefficient (Wildman–Crippen LogP) is 4.62. The summed E-state index contributed by atoms with van der Waals surface area (Å²) in [6.45, 7) is 3.70. The fourth-order valence-electron chi connectivity index (χ4n) is 2.76. The van der Waals surface area contributed by atoms with Crippen molar-refractivity contribution in [2.75, 3.05) is 11.9 Å². The molecule has 0 bridgehead atoms. The number of anilines is 1. The molecule has 2 aromatic carbocycles. The van der Waals surface area contributed by atoms with E-state index < -0.39 is 17.5 Å². The smallest absolute Gasteiger partial charge is 0.336 e. The molecule has 5 nitrogen and oxygen atoms in total. The Balaban J connectivity index is 2.03. The topological polar surface area (TPSA) is 68.5 Å². The van der Waals surface area contributed by atoms with E-state index in [0.29, 0.717) is 34.4 Å². The summed E-state index contributed by atoms with van der Waals surface area (Å²) in [5.41, 5.74) is 1.41. The lowest BCUT2D eigenvalue weighted by molar-refractivity contribution is -0.143. The molecule has 0 amide bonds. The van der Waals surface area contributed by atoms with Crippen LogP contribution in [0.1, 0.15) is 13.8 Å². The fourth-order valence-corrected chi connectivity index (χ4v) is 3.03. The average molecular weight is 390 g/mol. The third-order valence-electron chi connectivity index (χ3n) is 3.99. The summed E-state index contributed by atoms with van der Waals surface area (Å²) >= 11 is 6.15. The quantitative estimate of drug-likeness (QED) is 0.509. The van der Waals surface area contributed by atoms with Crippen LogP contribution in [0.4, 0.5) is 10.1 Å². The number of esters is 1. The SMILES string of the molecule is CCOC(=O)[C@@H](C)Nc1ccc2c(-c3ccc(F)cc3Cl)cc(=O)oc2c1. The molecule has 3 rings (SSSR count). The molecule has 0 aliphatic carbocycles. The highest BCUT2D eigenvalue weighted by atomic mass is 35.5. The lowest BCUT2D eigenvalue weighted by atomic mass is 10.0. The molecule has 1 N–H and O–H groups in total. The molecule has 0 saturated carbocycles. The van der Waals surface area contributed by atoms with Crippen molar-refractivity contribution in [1.29, 1.82) is 0 Å². The van der Waals surface area contributed by atoms with Gasteiger partial charge >= 0.3 is 11.6 Å². The maximum atomic E-state index is 13.3. The highest BCUT2D eigenvalue weighted by molar-refractivity contribution is 6.33. The Morgan fingerprint density at radius 1 is 1.22 bits per heavy atom. The standard InChI is InChI=1S/C20H17ClFNO4/c1-3-26-20(25)11(2)23-13-5-7-15-16(10-19(24)27-18(15)9-13)14-6-4-12(22)8-17(14)21/h4-11,23H,3H2,1-2H3/t11-/m1/s1. The van der Waals surface area contributed by atoms with E-state index in [4.69, 9.17) is 20.8 Å². The number of halogens is 2. The summed E-state index contributed by atoms with van der Waals surface area (Å²) in [5.74, 6) is -0.846. The van der Waals surface area contributed by atoms with Gasteiger partial charge in [-0.2, -0.15) is 0 Å². The van der Waals surface area contributed by atoms with Gasteiger partial charge in [-0.1, -0.05) is 11.6 Å². The van der Waals surface area contributed by atoms with E-state index in [1.54, 1.807) is 32.0 Å². The number of rotatable bonds is 5. The summed E-state index contributed by atoms with van der Waals surface area (Å²) in [6.07, 6.45) is 0. The Morgan fingerprint density at radius 3 is 2.70 bits per heavy atom. The van der Waals surface area contributed by atoms with Gasteiger partial charge in [-0.15, -0.1) is 0 Å². The van der Waals surface area contributed by atoms with Gasteiger partial charge in [-0.25, -0.2) is 14.0 Å². The fraction of sp³-hybridized carbons (Fsp3) is 0.200. The van der Waals surface area contributed by atoms with Crippen molar-refractivity contribution in [3.05, 3.63) is 63.7 Å². The monoisotopic (exact) mass is 389 g/mol. The van der Waals surface area contributed by atoms with Gasteiger partial charge in [0, 0.05) is 34.3 Å². The lowest BCUT2D eigenvalue weighted by Gasteiger charge is -2.14. The van der Waals surface area contributed by atoms with Crippen LogP contribution >= 0.6 is 11.6 Å². The van der Waals surface area contributed by atoms with Crippen molar-refractivity contribution >= 4 is 34.2 Å². The highest BCUT2D eigenvalue weighted by Gasteiger charge is 2.15. The second-order valence-electron chi connectivity index (χ2n) is 5.93. The first-order chi connectivity index (χ1) is 12.9. The molecule has 0 fully saturated rings. The van der Waals surface area contributed by atoms with Crippen molar-refractivity contribution in [1.82, 2.24) is 0 Å². The van der Waals surface area contributed by atoms with Crippen molar-refractivity contribution in [3.63, 3.8) is 0 Å². The molecule has 27 heavy (non-hydrogen) atoms. The second-order valence-corrected chi connectivity index (χ2v) is 6.34. The van der Waals surface area contributed by atoms with Gasteiger partial charge in [0.2, 0.25) is 0 Å². The van der Waals surface area contributed by atoms with Gasteiger partial charge in [-0.05, 0) is 44.2 Å². The Labute approximate surface area is 159 Å². The summed E-state index contributed by atoms with van der Waals surface area (Å²) in [5, 5.41) is 3.83. The van der Waals surface area contributed by atoms with Crippen LogP contribution in [0, 0.1) is 5.82 Å². The second kappa shape index (κ2) is 7.80. The third kappa shape index (κ3) is 4.11. The number of nitrogens with one attached hydrogen (secondary N) is 1. The first-order valence-electron chi connectivity index (χ1n) is 8.35. The minimum Gasteiger partial charge on any atom is -0.464 e. The van der Waals surface area contributed by atoms with Crippen LogP contribution in [0.25, 0.3) is 22.1 Å². The van der Waals surface area contributed by atoms with Crippen LogP contribution in [0.3, 0.4) is 0 Å². The maximum absolute atomic E-state index is 13.3. The van der Waals surface area contributed by atoms with Gasteiger partial charge in [0.25, 0.3) is 0 Å². The molecule has 0 radical (unpaired) electrons. The molecular formula is C20H17ClFNO4. The third-order valence-corrected chi connectivity index (χ3v) is 4.30. The molecular weight excluding hydrogens is 373 g/mol. The van der Waals surface area contributed by atoms with Crippen LogP contribution in [-0.4, -0.2) is 18.6 Å². The molecule has 1 aromatic heterocycles. The van der Waals surface area contributed by atoms with Gasteiger partial charge in [0.1, 0.15) is 17.4 Å². The number of carbonyl (C=O) groups excluding carboxylic acids is 1. The number of benzene rings is 2. The van der Waals surface area contributed by atoms with E-state index in [1.807, 2.05) is 0 Å². The Bertz CT molecular complexity index is 1060. The van der Waals surface area contributed by atoms with Crippen molar-refractivity contribution in [3.8, 4) is 11.1 Å². The van der Waals surface area contributed by atoms with Crippen molar-refractivity contribution < 1.29 is 18.3 Å². The minimum atomic E-state index is -0.566. The van der Waals surface area contributed by atoms with E-state index >= 15 is 0 Å². The largest absolute Gasteiger partial charge is 0.464 e. The van der Waals surface area contributed by atoms with Gasteiger partial charge in [0.05, 0.1) is 11.6 Å². The van der Waals surface area contributed by atoms with Crippen molar-refractivity contribution in [2.24, 2.45) is 0 Å². The number of carbonyl (C=O) groups is 1. The normalized spacial score (nSPS) is 12.0. The van der Waals surface area contributed by atoms with Crippen LogP contribution in [0.15, 0.2) is 51.7 Å². The molecule has 0 saturated heterocycles. The van der Waals surface area contributed by atoms with Crippen LogP contribution in [-0.2, 0) is 9.53 Å². The summed E-state index contributed by atoms with van der Waals surface area (Å²) < 4.78 is 23.6. The van der Waals surface area contributed by atoms with E-state index in [1.165, 1.54) is 24.3 Å². The summed E-state index contributed by atoms with van der Waals surface area (Å²) in [4.78, 5) is 23.8. The van der Waals surface area contributed by atoms with E-state index in [0.717, 1.165) is 0 Å². The number of ether oxygens (including phenoxy) is 1. The maximum Gasteiger partial charge on any atom is 0.336 e. The molecule has 1 atom stereocenters. The zero-order valence-electron chi connectivity index (χ0n) is 14.7. The predicted molar refractivity (Wildman–Crippen MR) is 103 cm³/mol. The molecule has 140 valence electrons. The zero-order valence-corrected chi connectivity index (χ0v) is 15.5. The first kappa shape index (κ1) is 18.9. The van der Waals surface area contributed by atoms with E-state index in [9.17, 15) is 14.0 Å². The molecule has 7 heteroatoms. The van der Waals surface area contributed by atoms with Crippen LogP contribution < -0.4 is 10.9 Å². The molecule has 0 aliphatic heterocycles. The molecule has 3 aromatic rings.